The number of carbonyl (C=O) groups is 2. The molecule has 3 N–H and O–H groups in total. The van der Waals surface area contributed by atoms with Gasteiger partial charge in [0.2, 0.25) is 5.91 Å². The Balaban J connectivity index is 2.53. The number of carboxylic acids is 1. The van der Waals surface area contributed by atoms with Crippen LogP contribution in [-0.2, 0) is 9.59 Å². The van der Waals surface area contributed by atoms with Crippen molar-refractivity contribution in [2.45, 2.75) is 38.6 Å². The number of carbonyl (C=O) groups excluding carboxylic acids is 1. The Morgan fingerprint density at radius 1 is 1.56 bits per heavy atom. The van der Waals surface area contributed by atoms with Gasteiger partial charge in [-0.2, -0.15) is 0 Å². The van der Waals surface area contributed by atoms with Gasteiger partial charge in [0.05, 0.1) is 12.0 Å². The van der Waals surface area contributed by atoms with Crippen molar-refractivity contribution in [1.29, 1.82) is 0 Å². The molecule has 1 aliphatic rings. The van der Waals surface area contributed by atoms with E-state index in [9.17, 15) is 9.59 Å². The Morgan fingerprint density at radius 2 is 2.25 bits per heavy atom. The van der Waals surface area contributed by atoms with E-state index in [0.717, 1.165) is 12.8 Å². The van der Waals surface area contributed by atoms with Gasteiger partial charge in [0.1, 0.15) is 0 Å². The number of amides is 1. The van der Waals surface area contributed by atoms with Crippen molar-refractivity contribution in [1.82, 2.24) is 4.90 Å². The number of hydrogen-bond acceptors (Lipinski definition) is 3. The zero-order valence-corrected chi connectivity index (χ0v) is 9.69. The molecular formula is C11H20N2O3. The van der Waals surface area contributed by atoms with E-state index in [2.05, 4.69) is 0 Å². The molecule has 1 aliphatic heterocycles. The highest BCUT2D eigenvalue weighted by Crippen LogP contribution is 2.17. The van der Waals surface area contributed by atoms with Gasteiger partial charge < -0.3 is 15.7 Å². The predicted octanol–water partition coefficient (Wildman–Crippen LogP) is 0.437. The molecule has 16 heavy (non-hydrogen) atoms. The number of nitrogens with two attached hydrogens (primary N) is 1. The largest absolute Gasteiger partial charge is 0.481 e. The van der Waals surface area contributed by atoms with Crippen molar-refractivity contribution in [3.05, 3.63) is 0 Å². The Hall–Kier alpha value is -1.10. The summed E-state index contributed by atoms with van der Waals surface area (Å²) in [5.74, 6) is -1.35. The first kappa shape index (κ1) is 13.0. The molecule has 0 spiro atoms. The zero-order valence-electron chi connectivity index (χ0n) is 9.69. The summed E-state index contributed by atoms with van der Waals surface area (Å²) in [6, 6.07) is -0.474. The van der Waals surface area contributed by atoms with Crippen LogP contribution in [0.5, 0.6) is 0 Å². The molecule has 0 radical (unpaired) electrons. The molecule has 1 rings (SSSR count). The molecule has 5 nitrogen and oxygen atoms in total. The Labute approximate surface area is 95.6 Å². The first-order valence-corrected chi connectivity index (χ1v) is 5.83. The highest BCUT2D eigenvalue weighted by Gasteiger charge is 2.29. The van der Waals surface area contributed by atoms with Crippen LogP contribution in [0.4, 0.5) is 0 Å². The summed E-state index contributed by atoms with van der Waals surface area (Å²) in [4.78, 5) is 24.3. The van der Waals surface area contributed by atoms with Crippen molar-refractivity contribution >= 4 is 11.9 Å². The van der Waals surface area contributed by atoms with Crippen LogP contribution < -0.4 is 5.73 Å². The summed E-state index contributed by atoms with van der Waals surface area (Å²) < 4.78 is 0. The molecule has 0 aromatic heterocycles. The number of piperidine rings is 1. The van der Waals surface area contributed by atoms with E-state index >= 15 is 0 Å². The SMILES string of the molecule is CCC[C@@H](N)C(=O)N1CCC[C@H](C(=O)O)C1. The minimum atomic E-state index is -0.818. The van der Waals surface area contributed by atoms with Crippen LogP contribution in [0.1, 0.15) is 32.6 Å². The van der Waals surface area contributed by atoms with E-state index in [1.165, 1.54) is 0 Å². The molecule has 1 heterocycles. The Bertz CT molecular complexity index is 268. The molecule has 1 amide bonds. The van der Waals surface area contributed by atoms with Crippen LogP contribution in [-0.4, -0.2) is 41.0 Å². The van der Waals surface area contributed by atoms with Gasteiger partial charge >= 0.3 is 5.97 Å². The van der Waals surface area contributed by atoms with Gasteiger partial charge in [-0.15, -0.1) is 0 Å². The lowest BCUT2D eigenvalue weighted by Gasteiger charge is -2.32. The third-order valence-corrected chi connectivity index (χ3v) is 3.00. The maximum Gasteiger partial charge on any atom is 0.308 e. The third kappa shape index (κ3) is 3.20. The average Bonchev–Trinajstić information content (AvgIpc) is 2.28. The van der Waals surface area contributed by atoms with Crippen LogP contribution in [0, 0.1) is 5.92 Å². The third-order valence-electron chi connectivity index (χ3n) is 3.00. The summed E-state index contributed by atoms with van der Waals surface area (Å²) >= 11 is 0. The van der Waals surface area contributed by atoms with Crippen LogP contribution in [0.3, 0.4) is 0 Å². The fraction of sp³-hybridized carbons (Fsp3) is 0.818. The first-order chi connectivity index (χ1) is 7.56. The van der Waals surface area contributed by atoms with Crippen molar-refractivity contribution in [3.8, 4) is 0 Å². The van der Waals surface area contributed by atoms with Gasteiger partial charge in [0.15, 0.2) is 0 Å². The lowest BCUT2D eigenvalue weighted by molar-refractivity contribution is -0.146. The second kappa shape index (κ2) is 5.84. The molecular weight excluding hydrogens is 208 g/mol. The summed E-state index contributed by atoms with van der Waals surface area (Å²) in [5, 5.41) is 8.91. The molecule has 2 atom stereocenters. The smallest absolute Gasteiger partial charge is 0.308 e. The standard InChI is InChI=1S/C11H20N2O3/c1-2-4-9(12)10(14)13-6-3-5-8(7-13)11(15)16/h8-9H,2-7,12H2,1H3,(H,15,16)/t8-,9+/m0/s1. The molecule has 0 unspecified atom stereocenters. The fourth-order valence-electron chi connectivity index (χ4n) is 2.05. The minimum Gasteiger partial charge on any atom is -0.481 e. The first-order valence-electron chi connectivity index (χ1n) is 5.83. The van der Waals surface area contributed by atoms with Gasteiger partial charge in [0.25, 0.3) is 0 Å². The lowest BCUT2D eigenvalue weighted by Crippen LogP contribution is -2.49. The highest BCUT2D eigenvalue weighted by molar-refractivity contribution is 5.82. The molecule has 92 valence electrons. The molecule has 1 fully saturated rings. The van der Waals surface area contributed by atoms with E-state index < -0.39 is 17.9 Å². The van der Waals surface area contributed by atoms with Gasteiger partial charge in [-0.05, 0) is 19.3 Å². The van der Waals surface area contributed by atoms with Gasteiger partial charge in [-0.3, -0.25) is 9.59 Å². The maximum atomic E-state index is 11.9. The number of aliphatic carboxylic acids is 1. The number of carboxylic acid groups (broad SMARTS) is 1. The molecule has 0 aliphatic carbocycles. The van der Waals surface area contributed by atoms with Gasteiger partial charge in [-0.25, -0.2) is 0 Å². The van der Waals surface area contributed by atoms with Crippen LogP contribution in [0.15, 0.2) is 0 Å². The second-order valence-corrected chi connectivity index (χ2v) is 4.36. The quantitative estimate of drug-likeness (QED) is 0.731. The van der Waals surface area contributed by atoms with Crippen molar-refractivity contribution in [2.24, 2.45) is 11.7 Å². The molecule has 1 saturated heterocycles. The minimum absolute atomic E-state index is 0.104. The van der Waals surface area contributed by atoms with Gasteiger partial charge in [0, 0.05) is 13.1 Å². The van der Waals surface area contributed by atoms with E-state index in [0.29, 0.717) is 25.9 Å². The monoisotopic (exact) mass is 228 g/mol. The van der Waals surface area contributed by atoms with E-state index in [-0.39, 0.29) is 5.91 Å². The maximum absolute atomic E-state index is 11.9. The zero-order chi connectivity index (χ0) is 12.1. The fourth-order valence-corrected chi connectivity index (χ4v) is 2.05. The topological polar surface area (TPSA) is 83.6 Å². The summed E-state index contributed by atoms with van der Waals surface area (Å²) in [6.07, 6.45) is 2.93. The van der Waals surface area contributed by atoms with Crippen LogP contribution >= 0.6 is 0 Å². The van der Waals surface area contributed by atoms with Crippen LogP contribution in [0.25, 0.3) is 0 Å². The average molecular weight is 228 g/mol. The Morgan fingerprint density at radius 3 is 2.81 bits per heavy atom. The van der Waals surface area contributed by atoms with Crippen molar-refractivity contribution < 1.29 is 14.7 Å². The second-order valence-electron chi connectivity index (χ2n) is 4.36. The molecule has 0 aromatic carbocycles. The molecule has 0 aromatic rings. The number of rotatable bonds is 4. The van der Waals surface area contributed by atoms with E-state index in [4.69, 9.17) is 10.8 Å². The number of likely N-dealkylation sites (tertiary alicyclic amines) is 1. The number of hydrogen-bond donors (Lipinski definition) is 2. The van der Waals surface area contributed by atoms with Crippen molar-refractivity contribution in [3.63, 3.8) is 0 Å². The number of nitrogens with zero attached hydrogens (tertiary/aromatic N) is 1. The highest BCUT2D eigenvalue weighted by atomic mass is 16.4. The summed E-state index contributed by atoms with van der Waals surface area (Å²) in [6.45, 7) is 2.93. The van der Waals surface area contributed by atoms with E-state index in [1.807, 2.05) is 6.92 Å². The normalized spacial score (nSPS) is 22.9. The molecule has 5 heteroatoms. The van der Waals surface area contributed by atoms with Gasteiger partial charge in [-0.1, -0.05) is 13.3 Å². The lowest BCUT2D eigenvalue weighted by atomic mass is 9.97. The summed E-state index contributed by atoms with van der Waals surface area (Å²) in [5.41, 5.74) is 5.74. The summed E-state index contributed by atoms with van der Waals surface area (Å²) in [7, 11) is 0. The van der Waals surface area contributed by atoms with E-state index in [1.54, 1.807) is 4.90 Å². The molecule has 0 saturated carbocycles. The predicted molar refractivity (Wildman–Crippen MR) is 59.8 cm³/mol. The Kier molecular flexibility index (Phi) is 4.73. The molecule has 0 bridgehead atoms. The van der Waals surface area contributed by atoms with Crippen LogP contribution in [0.2, 0.25) is 0 Å². The van der Waals surface area contributed by atoms with Crippen molar-refractivity contribution in [2.75, 3.05) is 13.1 Å².